The van der Waals surface area contributed by atoms with Crippen LogP contribution < -0.4 is 4.74 Å². The molecule has 1 heterocycles. The van der Waals surface area contributed by atoms with E-state index in [9.17, 15) is 5.11 Å². The smallest absolute Gasteiger partial charge is 0.131 e. The summed E-state index contributed by atoms with van der Waals surface area (Å²) in [5, 5.41) is 14.5. The fourth-order valence-corrected chi connectivity index (χ4v) is 2.38. The molecule has 0 aliphatic heterocycles. The van der Waals surface area contributed by atoms with E-state index >= 15 is 0 Å². The van der Waals surface area contributed by atoms with Crippen molar-refractivity contribution in [3.63, 3.8) is 0 Å². The molecule has 0 aliphatic carbocycles. The number of hydrogen-bond acceptors (Lipinski definition) is 3. The van der Waals surface area contributed by atoms with Crippen molar-refractivity contribution in [1.82, 2.24) is 9.78 Å². The molecule has 0 saturated carbocycles. The Morgan fingerprint density at radius 3 is 2.63 bits per heavy atom. The van der Waals surface area contributed by atoms with E-state index in [1.807, 2.05) is 44.2 Å². The second kappa shape index (κ2) is 6.21. The highest BCUT2D eigenvalue weighted by molar-refractivity contribution is 9.10. The van der Waals surface area contributed by atoms with Crippen molar-refractivity contribution in [3.05, 3.63) is 46.7 Å². The van der Waals surface area contributed by atoms with E-state index in [-0.39, 0.29) is 12.6 Å². The van der Waals surface area contributed by atoms with Crippen LogP contribution in [0.1, 0.15) is 31.7 Å². The zero-order chi connectivity index (χ0) is 13.8. The van der Waals surface area contributed by atoms with E-state index in [0.717, 1.165) is 15.9 Å². The largest absolute Gasteiger partial charge is 0.490 e. The van der Waals surface area contributed by atoms with Gasteiger partial charge >= 0.3 is 0 Å². The average molecular weight is 325 g/mol. The standard InChI is InChI=1S/C14H17BrN2O2/c1-10(2)17-14(12(15)8-16-17)13(18)9-19-11-6-4-3-5-7-11/h3-8,10,13,18H,9H2,1-2H3. The highest BCUT2D eigenvalue weighted by Crippen LogP contribution is 2.26. The van der Waals surface area contributed by atoms with Crippen molar-refractivity contribution >= 4 is 15.9 Å². The Balaban J connectivity index is 2.08. The first-order chi connectivity index (χ1) is 9.09. The van der Waals surface area contributed by atoms with Crippen LogP contribution in [0.2, 0.25) is 0 Å². The number of halogens is 1. The Morgan fingerprint density at radius 1 is 1.32 bits per heavy atom. The molecule has 5 heteroatoms. The van der Waals surface area contributed by atoms with Crippen molar-refractivity contribution < 1.29 is 9.84 Å². The van der Waals surface area contributed by atoms with Gasteiger partial charge in [0.25, 0.3) is 0 Å². The van der Waals surface area contributed by atoms with Gasteiger partial charge in [0, 0.05) is 6.04 Å². The van der Waals surface area contributed by atoms with E-state index in [2.05, 4.69) is 21.0 Å². The molecule has 4 nitrogen and oxygen atoms in total. The maximum absolute atomic E-state index is 10.3. The van der Waals surface area contributed by atoms with Crippen LogP contribution in [0.15, 0.2) is 41.0 Å². The Bertz CT molecular complexity index is 525. The summed E-state index contributed by atoms with van der Waals surface area (Å²) in [7, 11) is 0. The molecule has 1 aromatic carbocycles. The van der Waals surface area contributed by atoms with Gasteiger partial charge in [0.1, 0.15) is 18.5 Å². The summed E-state index contributed by atoms with van der Waals surface area (Å²) in [4.78, 5) is 0. The monoisotopic (exact) mass is 324 g/mol. The van der Waals surface area contributed by atoms with E-state index in [1.54, 1.807) is 10.9 Å². The van der Waals surface area contributed by atoms with Gasteiger partial charge < -0.3 is 9.84 Å². The number of aliphatic hydroxyl groups excluding tert-OH is 1. The first-order valence-corrected chi connectivity index (χ1v) is 6.97. The molecule has 1 aromatic heterocycles. The third-order valence-electron chi connectivity index (χ3n) is 2.74. The van der Waals surface area contributed by atoms with E-state index in [0.29, 0.717) is 0 Å². The summed E-state index contributed by atoms with van der Waals surface area (Å²) in [6, 6.07) is 9.63. The van der Waals surface area contributed by atoms with Gasteiger partial charge in [-0.1, -0.05) is 18.2 Å². The Kier molecular flexibility index (Phi) is 4.61. The summed E-state index contributed by atoms with van der Waals surface area (Å²) in [5.74, 6) is 0.744. The minimum absolute atomic E-state index is 0.188. The number of aliphatic hydroxyl groups is 1. The van der Waals surface area contributed by atoms with Gasteiger partial charge in [0.2, 0.25) is 0 Å². The number of rotatable bonds is 5. The second-order valence-corrected chi connectivity index (χ2v) is 5.41. The van der Waals surface area contributed by atoms with Gasteiger partial charge in [-0.15, -0.1) is 0 Å². The fourth-order valence-electron chi connectivity index (χ4n) is 1.84. The molecule has 0 aliphatic rings. The minimum Gasteiger partial charge on any atom is -0.490 e. The van der Waals surface area contributed by atoms with Gasteiger partial charge in [-0.25, -0.2) is 0 Å². The summed E-state index contributed by atoms with van der Waals surface area (Å²) in [6.45, 7) is 4.24. The van der Waals surface area contributed by atoms with E-state index < -0.39 is 6.10 Å². The molecule has 0 saturated heterocycles. The van der Waals surface area contributed by atoms with Crippen molar-refractivity contribution in [3.8, 4) is 5.75 Å². The van der Waals surface area contributed by atoms with Crippen LogP contribution in [0, 0.1) is 0 Å². The highest BCUT2D eigenvalue weighted by atomic mass is 79.9. The molecule has 0 radical (unpaired) electrons. The maximum atomic E-state index is 10.3. The molecule has 102 valence electrons. The van der Waals surface area contributed by atoms with Crippen molar-refractivity contribution in [2.75, 3.05) is 6.61 Å². The Morgan fingerprint density at radius 2 is 2.00 bits per heavy atom. The lowest BCUT2D eigenvalue weighted by atomic mass is 10.2. The lowest BCUT2D eigenvalue weighted by Gasteiger charge is -2.17. The first kappa shape index (κ1) is 14.1. The number of benzene rings is 1. The lowest BCUT2D eigenvalue weighted by molar-refractivity contribution is 0.0983. The van der Waals surface area contributed by atoms with Gasteiger partial charge in [0.05, 0.1) is 16.4 Å². The summed E-state index contributed by atoms with van der Waals surface area (Å²) < 4.78 is 8.16. The van der Waals surface area contributed by atoms with Gasteiger partial charge in [-0.05, 0) is 41.9 Å². The van der Waals surface area contributed by atoms with Gasteiger partial charge in [0.15, 0.2) is 0 Å². The lowest BCUT2D eigenvalue weighted by Crippen LogP contribution is -2.17. The number of nitrogens with zero attached hydrogens (tertiary/aromatic N) is 2. The summed E-state index contributed by atoms with van der Waals surface area (Å²) >= 11 is 3.41. The predicted molar refractivity (Wildman–Crippen MR) is 77.2 cm³/mol. The fraction of sp³-hybridized carbons (Fsp3) is 0.357. The highest BCUT2D eigenvalue weighted by Gasteiger charge is 2.19. The number of para-hydroxylation sites is 1. The molecule has 1 atom stereocenters. The van der Waals surface area contributed by atoms with Crippen LogP contribution in [0.5, 0.6) is 5.75 Å². The molecular weight excluding hydrogens is 308 g/mol. The summed E-state index contributed by atoms with van der Waals surface area (Å²) in [5.41, 5.74) is 0.742. The quantitative estimate of drug-likeness (QED) is 0.917. The molecule has 0 spiro atoms. The number of ether oxygens (including phenoxy) is 1. The molecule has 0 fully saturated rings. The molecule has 1 unspecified atom stereocenters. The van der Waals surface area contributed by atoms with Crippen molar-refractivity contribution in [2.45, 2.75) is 26.0 Å². The number of hydrogen-bond donors (Lipinski definition) is 1. The third-order valence-corrected chi connectivity index (χ3v) is 3.35. The van der Waals surface area contributed by atoms with Crippen molar-refractivity contribution in [2.24, 2.45) is 0 Å². The third kappa shape index (κ3) is 3.36. The molecule has 2 rings (SSSR count). The van der Waals surface area contributed by atoms with Crippen LogP contribution in [-0.2, 0) is 0 Å². The van der Waals surface area contributed by atoms with Gasteiger partial charge in [-0.2, -0.15) is 5.10 Å². The zero-order valence-electron chi connectivity index (χ0n) is 11.0. The van der Waals surface area contributed by atoms with Crippen LogP contribution in [0.4, 0.5) is 0 Å². The van der Waals surface area contributed by atoms with Crippen LogP contribution in [0.3, 0.4) is 0 Å². The Hall–Kier alpha value is -1.33. The number of aromatic nitrogens is 2. The van der Waals surface area contributed by atoms with Crippen molar-refractivity contribution in [1.29, 1.82) is 0 Å². The van der Waals surface area contributed by atoms with Gasteiger partial charge in [-0.3, -0.25) is 4.68 Å². The average Bonchev–Trinajstić information content (AvgIpc) is 2.79. The van der Waals surface area contributed by atoms with Crippen LogP contribution in [0.25, 0.3) is 0 Å². The molecule has 0 bridgehead atoms. The second-order valence-electron chi connectivity index (χ2n) is 4.56. The van der Waals surface area contributed by atoms with Crippen LogP contribution >= 0.6 is 15.9 Å². The predicted octanol–water partition coefficient (Wildman–Crippen LogP) is 3.34. The molecule has 2 aromatic rings. The molecule has 0 amide bonds. The maximum Gasteiger partial charge on any atom is 0.131 e. The minimum atomic E-state index is -0.723. The molecule has 1 N–H and O–H groups in total. The zero-order valence-corrected chi connectivity index (χ0v) is 12.5. The first-order valence-electron chi connectivity index (χ1n) is 6.18. The Labute approximate surface area is 121 Å². The topological polar surface area (TPSA) is 47.3 Å². The molecular formula is C14H17BrN2O2. The van der Waals surface area contributed by atoms with Crippen LogP contribution in [-0.4, -0.2) is 21.5 Å². The normalized spacial score (nSPS) is 12.7. The molecule has 19 heavy (non-hydrogen) atoms. The SMILES string of the molecule is CC(C)n1ncc(Br)c1C(O)COc1ccccc1. The van der Waals surface area contributed by atoms with E-state index in [1.165, 1.54) is 0 Å². The van der Waals surface area contributed by atoms with E-state index in [4.69, 9.17) is 4.74 Å². The summed E-state index contributed by atoms with van der Waals surface area (Å²) in [6.07, 6.45) is 0.973.